The molecule has 5 heteroatoms. The van der Waals surface area contributed by atoms with Gasteiger partial charge in [0.05, 0.1) is 24.3 Å². The topological polar surface area (TPSA) is 51.1 Å². The summed E-state index contributed by atoms with van der Waals surface area (Å²) >= 11 is 0. The van der Waals surface area contributed by atoms with Crippen LogP contribution in [0.4, 0.5) is 0 Å². The predicted octanol–water partition coefficient (Wildman–Crippen LogP) is 3.16. The van der Waals surface area contributed by atoms with Crippen molar-refractivity contribution in [1.29, 1.82) is 0 Å². The van der Waals surface area contributed by atoms with Crippen molar-refractivity contribution in [2.24, 2.45) is 10.6 Å². The maximum absolute atomic E-state index is 12.9. The SMILES string of the molecule is C#CCN1CCC[C@](C[C@@H]2CC(c3ccccc3C)=NO2)(C(=O)OCC)C1. The molecule has 3 rings (SSSR count). The van der Waals surface area contributed by atoms with E-state index in [0.29, 0.717) is 32.5 Å². The Morgan fingerprint density at radius 2 is 2.30 bits per heavy atom. The number of esters is 1. The monoisotopic (exact) mass is 368 g/mol. The molecular weight excluding hydrogens is 340 g/mol. The van der Waals surface area contributed by atoms with Gasteiger partial charge in [-0.2, -0.15) is 0 Å². The third kappa shape index (κ3) is 4.33. The van der Waals surface area contributed by atoms with Gasteiger partial charge in [0.1, 0.15) is 6.10 Å². The molecule has 27 heavy (non-hydrogen) atoms. The van der Waals surface area contributed by atoms with Gasteiger partial charge in [-0.3, -0.25) is 9.69 Å². The van der Waals surface area contributed by atoms with Crippen molar-refractivity contribution in [3.05, 3.63) is 35.4 Å². The summed E-state index contributed by atoms with van der Waals surface area (Å²) in [6.45, 7) is 6.39. The maximum Gasteiger partial charge on any atom is 0.313 e. The Hall–Kier alpha value is -2.32. The molecule has 1 fully saturated rings. The largest absolute Gasteiger partial charge is 0.466 e. The lowest BCUT2D eigenvalue weighted by Crippen LogP contribution is -2.50. The van der Waals surface area contributed by atoms with Gasteiger partial charge in [-0.1, -0.05) is 35.3 Å². The number of ether oxygens (including phenoxy) is 1. The summed E-state index contributed by atoms with van der Waals surface area (Å²) in [5, 5.41) is 4.32. The van der Waals surface area contributed by atoms with Gasteiger partial charge >= 0.3 is 5.97 Å². The molecule has 0 saturated carbocycles. The number of hydrogen-bond donors (Lipinski definition) is 0. The number of piperidine rings is 1. The molecule has 2 heterocycles. The van der Waals surface area contributed by atoms with Gasteiger partial charge in [0, 0.05) is 24.9 Å². The zero-order valence-electron chi connectivity index (χ0n) is 16.2. The van der Waals surface area contributed by atoms with Crippen LogP contribution in [0.25, 0.3) is 0 Å². The van der Waals surface area contributed by atoms with E-state index in [-0.39, 0.29) is 12.1 Å². The second-order valence-electron chi connectivity index (χ2n) is 7.51. The van der Waals surface area contributed by atoms with E-state index in [1.165, 1.54) is 5.56 Å². The van der Waals surface area contributed by atoms with E-state index in [9.17, 15) is 4.79 Å². The van der Waals surface area contributed by atoms with Crippen LogP contribution in [0.1, 0.15) is 43.7 Å². The molecule has 0 N–H and O–H groups in total. The van der Waals surface area contributed by atoms with Crippen molar-refractivity contribution in [3.8, 4) is 12.3 Å². The van der Waals surface area contributed by atoms with E-state index >= 15 is 0 Å². The van der Waals surface area contributed by atoms with Crippen molar-refractivity contribution in [1.82, 2.24) is 4.90 Å². The second kappa shape index (κ2) is 8.58. The van der Waals surface area contributed by atoms with Gasteiger partial charge in [0.15, 0.2) is 0 Å². The molecule has 0 bridgehead atoms. The minimum Gasteiger partial charge on any atom is -0.466 e. The van der Waals surface area contributed by atoms with Crippen LogP contribution in [0.2, 0.25) is 0 Å². The van der Waals surface area contributed by atoms with E-state index in [2.05, 4.69) is 35.0 Å². The third-order valence-corrected chi connectivity index (χ3v) is 5.49. The van der Waals surface area contributed by atoms with Gasteiger partial charge in [-0.05, 0) is 38.8 Å². The molecule has 0 radical (unpaired) electrons. The van der Waals surface area contributed by atoms with E-state index < -0.39 is 5.41 Å². The summed E-state index contributed by atoms with van der Waals surface area (Å²) in [7, 11) is 0. The quantitative estimate of drug-likeness (QED) is 0.572. The van der Waals surface area contributed by atoms with Crippen molar-refractivity contribution in [3.63, 3.8) is 0 Å². The smallest absolute Gasteiger partial charge is 0.313 e. The lowest BCUT2D eigenvalue weighted by atomic mass is 9.74. The van der Waals surface area contributed by atoms with Crippen molar-refractivity contribution in [2.75, 3.05) is 26.2 Å². The Bertz CT molecular complexity index is 752. The molecule has 1 saturated heterocycles. The number of nitrogens with zero attached hydrogens (tertiary/aromatic N) is 2. The van der Waals surface area contributed by atoms with Gasteiger partial charge in [-0.15, -0.1) is 6.42 Å². The highest BCUT2D eigenvalue weighted by Gasteiger charge is 2.46. The maximum atomic E-state index is 12.9. The highest BCUT2D eigenvalue weighted by molar-refractivity contribution is 6.02. The Morgan fingerprint density at radius 3 is 3.04 bits per heavy atom. The number of aryl methyl sites for hydroxylation is 1. The first-order valence-corrected chi connectivity index (χ1v) is 9.69. The summed E-state index contributed by atoms with van der Waals surface area (Å²) in [5.41, 5.74) is 2.67. The van der Waals surface area contributed by atoms with Crippen LogP contribution in [-0.4, -0.2) is 48.9 Å². The van der Waals surface area contributed by atoms with Crippen LogP contribution in [0.3, 0.4) is 0 Å². The molecule has 2 aliphatic heterocycles. The molecule has 0 amide bonds. The van der Waals surface area contributed by atoms with Gasteiger partial charge in [0.25, 0.3) is 0 Å². The zero-order valence-corrected chi connectivity index (χ0v) is 16.2. The predicted molar refractivity (Wildman–Crippen MR) is 105 cm³/mol. The number of hydrogen-bond acceptors (Lipinski definition) is 5. The lowest BCUT2D eigenvalue weighted by Gasteiger charge is -2.41. The molecule has 0 aliphatic carbocycles. The van der Waals surface area contributed by atoms with Crippen molar-refractivity contribution >= 4 is 11.7 Å². The zero-order chi connectivity index (χ0) is 19.3. The number of benzene rings is 1. The minimum atomic E-state index is -0.577. The van der Waals surface area contributed by atoms with Crippen LogP contribution in [0.15, 0.2) is 29.4 Å². The van der Waals surface area contributed by atoms with Crippen molar-refractivity contribution < 1.29 is 14.4 Å². The fourth-order valence-electron chi connectivity index (χ4n) is 4.22. The molecule has 0 unspecified atom stereocenters. The Kier molecular flexibility index (Phi) is 6.18. The number of carbonyl (C=O) groups excluding carboxylic acids is 1. The van der Waals surface area contributed by atoms with E-state index in [0.717, 1.165) is 30.7 Å². The number of carbonyl (C=O) groups is 1. The third-order valence-electron chi connectivity index (χ3n) is 5.49. The fraction of sp³-hybridized carbons (Fsp3) is 0.545. The van der Waals surface area contributed by atoms with Crippen LogP contribution in [0, 0.1) is 24.7 Å². The van der Waals surface area contributed by atoms with Crippen LogP contribution < -0.4 is 0 Å². The van der Waals surface area contributed by atoms with Gasteiger partial charge in [0.2, 0.25) is 0 Å². The molecule has 144 valence electrons. The average Bonchev–Trinajstić information content (AvgIpc) is 3.11. The molecule has 5 nitrogen and oxygen atoms in total. The van der Waals surface area contributed by atoms with Gasteiger partial charge < -0.3 is 9.57 Å². The van der Waals surface area contributed by atoms with Crippen LogP contribution in [0.5, 0.6) is 0 Å². The van der Waals surface area contributed by atoms with Crippen LogP contribution in [-0.2, 0) is 14.4 Å². The molecule has 2 aliphatic rings. The molecule has 0 spiro atoms. The second-order valence-corrected chi connectivity index (χ2v) is 7.51. The Morgan fingerprint density at radius 1 is 1.48 bits per heavy atom. The summed E-state index contributed by atoms with van der Waals surface area (Å²) in [5.74, 6) is 2.56. The highest BCUT2D eigenvalue weighted by atomic mass is 16.6. The standard InChI is InChI=1S/C22H28N2O3/c1-4-12-24-13-8-11-22(16-24,21(25)26-5-2)15-18-14-20(23-27-18)19-10-7-6-9-17(19)3/h1,6-7,9-10,18H,5,8,11-16H2,2-3H3/t18-,22+/m0/s1. The molecule has 0 aromatic heterocycles. The fourth-order valence-corrected chi connectivity index (χ4v) is 4.22. The summed E-state index contributed by atoms with van der Waals surface area (Å²) in [6.07, 6.45) is 8.42. The number of terminal acetylenes is 1. The first-order chi connectivity index (χ1) is 13.1. The molecule has 1 aromatic carbocycles. The first-order valence-electron chi connectivity index (χ1n) is 9.69. The Balaban J connectivity index is 1.73. The summed E-state index contributed by atoms with van der Waals surface area (Å²) in [4.78, 5) is 20.8. The summed E-state index contributed by atoms with van der Waals surface area (Å²) in [6, 6.07) is 8.17. The molecule has 2 atom stereocenters. The van der Waals surface area contributed by atoms with Crippen molar-refractivity contribution in [2.45, 2.75) is 45.6 Å². The normalized spacial score (nSPS) is 25.4. The van der Waals surface area contributed by atoms with E-state index in [1.807, 2.05) is 19.1 Å². The molecular formula is C22H28N2O3. The molecule has 1 aromatic rings. The van der Waals surface area contributed by atoms with Crippen LogP contribution >= 0.6 is 0 Å². The lowest BCUT2D eigenvalue weighted by molar-refractivity contribution is -0.162. The van der Waals surface area contributed by atoms with Gasteiger partial charge in [-0.25, -0.2) is 0 Å². The summed E-state index contributed by atoms with van der Waals surface area (Å²) < 4.78 is 5.44. The number of rotatable bonds is 6. The Labute approximate surface area is 161 Å². The highest BCUT2D eigenvalue weighted by Crippen LogP contribution is 2.39. The van der Waals surface area contributed by atoms with E-state index in [1.54, 1.807) is 0 Å². The van der Waals surface area contributed by atoms with E-state index in [4.69, 9.17) is 16.0 Å². The first kappa shape index (κ1) is 19.4. The number of likely N-dealkylation sites (tertiary alicyclic amines) is 1. The minimum absolute atomic E-state index is 0.116. The average molecular weight is 368 g/mol. The number of oxime groups is 1.